The summed E-state index contributed by atoms with van der Waals surface area (Å²) in [5.74, 6) is 0.697. The second-order valence-corrected chi connectivity index (χ2v) is 5.45. The van der Waals surface area contributed by atoms with E-state index in [-0.39, 0.29) is 0 Å². The molecule has 4 nitrogen and oxygen atoms in total. The number of benzene rings is 2. The molecule has 2 aromatic carbocycles. The number of nitrogen functional groups attached to an aromatic ring is 1. The number of nitrogens with zero attached hydrogens (tertiary/aromatic N) is 2. The molecule has 0 atom stereocenters. The Hall–Kier alpha value is -2.85. The van der Waals surface area contributed by atoms with Gasteiger partial charge in [-0.05, 0) is 24.3 Å². The van der Waals surface area contributed by atoms with Gasteiger partial charge in [-0.3, -0.25) is 0 Å². The first kappa shape index (κ1) is 16.0. The van der Waals surface area contributed by atoms with Crippen LogP contribution in [0.1, 0.15) is 11.1 Å². The van der Waals surface area contributed by atoms with Gasteiger partial charge in [-0.2, -0.15) is 0 Å². The van der Waals surface area contributed by atoms with Crippen LogP contribution < -0.4 is 10.5 Å². The van der Waals surface area contributed by atoms with Crippen LogP contribution in [0.25, 0.3) is 0 Å². The molecule has 1 heterocycles. The van der Waals surface area contributed by atoms with Crippen molar-refractivity contribution in [1.82, 2.24) is 4.98 Å². The number of halogens is 1. The summed E-state index contributed by atoms with van der Waals surface area (Å²) in [6, 6.07) is 19.0. The van der Waals surface area contributed by atoms with Gasteiger partial charge in [-0.25, -0.2) is 9.98 Å². The van der Waals surface area contributed by atoms with Gasteiger partial charge < -0.3 is 10.5 Å². The molecule has 0 aliphatic heterocycles. The van der Waals surface area contributed by atoms with Gasteiger partial charge in [0.1, 0.15) is 11.4 Å². The fraction of sp³-hybridized carbons (Fsp3) is 0.0526. The Bertz CT molecular complexity index is 879. The van der Waals surface area contributed by atoms with Crippen molar-refractivity contribution in [2.45, 2.75) is 0 Å². The Morgan fingerprint density at radius 1 is 1.08 bits per heavy atom. The molecule has 2 N–H and O–H groups in total. The van der Waals surface area contributed by atoms with Crippen molar-refractivity contribution in [1.29, 1.82) is 0 Å². The van der Waals surface area contributed by atoms with Gasteiger partial charge in [0.25, 0.3) is 0 Å². The maximum absolute atomic E-state index is 6.22. The fourth-order valence-electron chi connectivity index (χ4n) is 2.34. The van der Waals surface area contributed by atoms with Crippen molar-refractivity contribution < 1.29 is 4.74 Å². The lowest BCUT2D eigenvalue weighted by Crippen LogP contribution is -2.07. The van der Waals surface area contributed by atoms with Gasteiger partial charge in [0.05, 0.1) is 12.8 Å². The molecular formula is C19H16ClN3O. The third kappa shape index (κ3) is 3.39. The SMILES string of the molecule is COc1ccc(/C(=N\c2cccnc2Cl)c2ccccc2)c(N)c1. The van der Waals surface area contributed by atoms with E-state index in [0.717, 1.165) is 16.8 Å². The molecule has 0 aliphatic carbocycles. The van der Waals surface area contributed by atoms with Crippen molar-refractivity contribution in [2.24, 2.45) is 4.99 Å². The summed E-state index contributed by atoms with van der Waals surface area (Å²) in [6.45, 7) is 0. The summed E-state index contributed by atoms with van der Waals surface area (Å²) in [5, 5.41) is 0.345. The highest BCUT2D eigenvalue weighted by molar-refractivity contribution is 6.32. The summed E-state index contributed by atoms with van der Waals surface area (Å²) in [7, 11) is 1.61. The van der Waals surface area contributed by atoms with E-state index < -0.39 is 0 Å². The van der Waals surface area contributed by atoms with Crippen molar-refractivity contribution in [3.05, 3.63) is 83.1 Å². The molecule has 0 saturated heterocycles. The summed E-state index contributed by atoms with van der Waals surface area (Å²) in [5.41, 5.74) is 9.86. The molecular weight excluding hydrogens is 322 g/mol. The van der Waals surface area contributed by atoms with Gasteiger partial charge in [-0.1, -0.05) is 41.9 Å². The zero-order valence-corrected chi connectivity index (χ0v) is 13.9. The molecule has 5 heteroatoms. The molecule has 0 unspecified atom stereocenters. The molecule has 0 bridgehead atoms. The standard InChI is InChI=1S/C19H16ClN3O/c1-24-14-9-10-15(16(21)12-14)18(13-6-3-2-4-7-13)23-17-8-5-11-22-19(17)20/h2-12H,21H2,1H3/b23-18-. The molecule has 0 amide bonds. The normalized spacial score (nSPS) is 11.3. The largest absolute Gasteiger partial charge is 0.497 e. The molecule has 0 saturated carbocycles. The Labute approximate surface area is 145 Å². The molecule has 24 heavy (non-hydrogen) atoms. The van der Waals surface area contributed by atoms with E-state index in [1.165, 1.54) is 0 Å². The van der Waals surface area contributed by atoms with Crippen molar-refractivity contribution >= 4 is 28.7 Å². The number of ether oxygens (including phenoxy) is 1. The average molecular weight is 338 g/mol. The number of nitrogens with two attached hydrogens (primary N) is 1. The van der Waals surface area contributed by atoms with Crippen LogP contribution in [-0.2, 0) is 0 Å². The van der Waals surface area contributed by atoms with Crippen LogP contribution in [0.15, 0.2) is 71.9 Å². The minimum absolute atomic E-state index is 0.345. The van der Waals surface area contributed by atoms with Gasteiger partial charge in [0.2, 0.25) is 0 Å². The number of hydrogen-bond donors (Lipinski definition) is 1. The first-order valence-corrected chi connectivity index (χ1v) is 7.75. The van der Waals surface area contributed by atoms with Gasteiger partial charge in [-0.15, -0.1) is 0 Å². The smallest absolute Gasteiger partial charge is 0.154 e. The van der Waals surface area contributed by atoms with Gasteiger partial charge in [0.15, 0.2) is 5.15 Å². The summed E-state index contributed by atoms with van der Waals surface area (Å²) >= 11 is 6.16. The van der Waals surface area contributed by atoms with E-state index in [4.69, 9.17) is 27.1 Å². The van der Waals surface area contributed by atoms with E-state index in [9.17, 15) is 0 Å². The van der Waals surface area contributed by atoms with E-state index in [0.29, 0.717) is 22.3 Å². The van der Waals surface area contributed by atoms with E-state index in [2.05, 4.69) is 4.98 Å². The second-order valence-electron chi connectivity index (χ2n) is 5.09. The summed E-state index contributed by atoms with van der Waals surface area (Å²) < 4.78 is 5.22. The number of hydrogen-bond acceptors (Lipinski definition) is 4. The maximum Gasteiger partial charge on any atom is 0.154 e. The lowest BCUT2D eigenvalue weighted by molar-refractivity contribution is 0.415. The molecule has 1 aromatic heterocycles. The van der Waals surface area contributed by atoms with Crippen LogP contribution in [0, 0.1) is 0 Å². The average Bonchev–Trinajstić information content (AvgIpc) is 2.62. The number of aromatic nitrogens is 1. The highest BCUT2D eigenvalue weighted by atomic mass is 35.5. The maximum atomic E-state index is 6.22. The monoisotopic (exact) mass is 337 g/mol. The molecule has 0 fully saturated rings. The van der Waals surface area contributed by atoms with Crippen LogP contribution in [0.2, 0.25) is 5.15 Å². The number of rotatable bonds is 4. The van der Waals surface area contributed by atoms with Crippen LogP contribution in [0.5, 0.6) is 5.75 Å². The zero-order chi connectivity index (χ0) is 16.9. The number of aliphatic imine (C=N–C) groups is 1. The molecule has 3 rings (SSSR count). The second kappa shape index (κ2) is 7.15. The molecule has 120 valence electrons. The summed E-state index contributed by atoms with van der Waals surface area (Å²) in [6.07, 6.45) is 1.63. The van der Waals surface area contributed by atoms with E-state index >= 15 is 0 Å². The Morgan fingerprint density at radius 2 is 1.88 bits per heavy atom. The number of methoxy groups -OCH3 is 1. The lowest BCUT2D eigenvalue weighted by atomic mass is 10.0. The quantitative estimate of drug-likeness (QED) is 0.433. The number of anilines is 1. The topological polar surface area (TPSA) is 60.5 Å². The zero-order valence-electron chi connectivity index (χ0n) is 13.1. The molecule has 0 radical (unpaired) electrons. The Balaban J connectivity index is 2.19. The van der Waals surface area contributed by atoms with Gasteiger partial charge >= 0.3 is 0 Å². The van der Waals surface area contributed by atoms with Crippen molar-refractivity contribution in [2.75, 3.05) is 12.8 Å². The predicted octanol–water partition coefficient (Wildman–Crippen LogP) is 4.49. The highest BCUT2D eigenvalue weighted by Gasteiger charge is 2.12. The van der Waals surface area contributed by atoms with Crippen LogP contribution >= 0.6 is 11.6 Å². The van der Waals surface area contributed by atoms with Gasteiger partial charge in [0, 0.05) is 29.1 Å². The fourth-order valence-corrected chi connectivity index (χ4v) is 2.50. The molecule has 0 aliphatic rings. The minimum Gasteiger partial charge on any atom is -0.497 e. The molecule has 0 spiro atoms. The first-order chi connectivity index (χ1) is 11.7. The van der Waals surface area contributed by atoms with E-state index in [1.807, 2.05) is 48.5 Å². The third-order valence-electron chi connectivity index (χ3n) is 3.53. The van der Waals surface area contributed by atoms with Crippen LogP contribution in [0.3, 0.4) is 0 Å². The first-order valence-electron chi connectivity index (χ1n) is 7.37. The molecule has 3 aromatic rings. The number of pyridine rings is 1. The van der Waals surface area contributed by atoms with E-state index in [1.54, 1.807) is 25.4 Å². The summed E-state index contributed by atoms with van der Waals surface area (Å²) in [4.78, 5) is 8.79. The Morgan fingerprint density at radius 3 is 2.54 bits per heavy atom. The van der Waals surface area contributed by atoms with Crippen molar-refractivity contribution in [3.63, 3.8) is 0 Å². The Kier molecular flexibility index (Phi) is 4.77. The van der Waals surface area contributed by atoms with Crippen LogP contribution in [-0.4, -0.2) is 17.8 Å². The van der Waals surface area contributed by atoms with Crippen molar-refractivity contribution in [3.8, 4) is 5.75 Å². The third-order valence-corrected chi connectivity index (χ3v) is 3.82. The predicted molar refractivity (Wildman–Crippen MR) is 98.4 cm³/mol. The minimum atomic E-state index is 0.345. The lowest BCUT2D eigenvalue weighted by Gasteiger charge is -2.12. The highest BCUT2D eigenvalue weighted by Crippen LogP contribution is 2.27. The van der Waals surface area contributed by atoms with Crippen LogP contribution in [0.4, 0.5) is 11.4 Å².